The molecule has 0 rings (SSSR count). The molecule has 0 amide bonds. The molecule has 1 radical (unpaired) electrons. The third kappa shape index (κ3) is 19.4. The molecule has 0 aromatic carbocycles. The summed E-state index contributed by atoms with van der Waals surface area (Å²) in [5.41, 5.74) is 0. The van der Waals surface area contributed by atoms with Gasteiger partial charge in [-0.3, -0.25) is 4.52 Å². The second-order valence-corrected chi connectivity index (χ2v) is 5.75. The molecule has 0 aromatic rings. The molecule has 0 fully saturated rings. The van der Waals surface area contributed by atoms with E-state index in [1.54, 1.807) is 0 Å². The van der Waals surface area contributed by atoms with E-state index < -0.39 is 7.82 Å². The Labute approximate surface area is 133 Å². The first-order valence-corrected chi connectivity index (χ1v) is 8.29. The maximum Gasteiger partial charge on any atom is 0.469 e. The van der Waals surface area contributed by atoms with E-state index >= 15 is 0 Å². The zero-order chi connectivity index (χ0) is 13.0. The van der Waals surface area contributed by atoms with Gasteiger partial charge in [-0.15, -0.1) is 0 Å². The summed E-state index contributed by atoms with van der Waals surface area (Å²) in [6, 6.07) is 0. The summed E-state index contributed by atoms with van der Waals surface area (Å²) in [4.78, 5) is 16.9. The summed E-state index contributed by atoms with van der Waals surface area (Å²) in [6.07, 6.45) is 12.0. The summed E-state index contributed by atoms with van der Waals surface area (Å²) < 4.78 is 14.7. The molecule has 0 aliphatic heterocycles. The Hall–Kier alpha value is 1.11. The van der Waals surface area contributed by atoms with Crippen LogP contribution in [0.15, 0.2) is 0 Å². The SMILES string of the molecule is CCCCCCCCCCCCOP(=O)(O)O.[Na]. The van der Waals surface area contributed by atoms with E-state index in [2.05, 4.69) is 11.4 Å². The molecule has 0 saturated heterocycles. The topological polar surface area (TPSA) is 66.8 Å². The van der Waals surface area contributed by atoms with Crippen LogP contribution >= 0.6 is 7.82 Å². The predicted octanol–water partition coefficient (Wildman–Crippen LogP) is 3.64. The van der Waals surface area contributed by atoms with E-state index in [4.69, 9.17) is 9.79 Å². The van der Waals surface area contributed by atoms with Gasteiger partial charge in [0.05, 0.1) is 6.61 Å². The van der Waals surface area contributed by atoms with Crippen molar-refractivity contribution < 1.29 is 18.9 Å². The summed E-state index contributed by atoms with van der Waals surface area (Å²) in [5, 5.41) is 0. The smallest absolute Gasteiger partial charge is 0.303 e. The second kappa shape index (κ2) is 14.5. The Balaban J connectivity index is 0. The van der Waals surface area contributed by atoms with Gasteiger partial charge in [-0.25, -0.2) is 4.57 Å². The van der Waals surface area contributed by atoms with Crippen molar-refractivity contribution >= 4 is 37.4 Å². The zero-order valence-corrected chi connectivity index (χ0v) is 14.8. The number of rotatable bonds is 12. The fourth-order valence-corrected chi connectivity index (χ4v) is 2.14. The van der Waals surface area contributed by atoms with E-state index in [0.717, 1.165) is 19.3 Å². The van der Waals surface area contributed by atoms with Crippen LogP contribution in [0, 0.1) is 0 Å². The molecule has 0 bridgehead atoms. The Morgan fingerprint density at radius 2 is 1.22 bits per heavy atom. The van der Waals surface area contributed by atoms with Crippen LogP contribution in [-0.2, 0) is 9.09 Å². The maximum atomic E-state index is 10.4. The molecule has 0 unspecified atom stereocenters. The Bertz CT molecular complexity index is 208. The second-order valence-electron chi connectivity index (χ2n) is 4.51. The normalized spacial score (nSPS) is 11.3. The molecular weight excluding hydrogens is 262 g/mol. The predicted molar refractivity (Wildman–Crippen MR) is 75.6 cm³/mol. The van der Waals surface area contributed by atoms with Gasteiger partial charge in [0.25, 0.3) is 0 Å². The molecule has 4 nitrogen and oxygen atoms in total. The molecule has 0 aliphatic carbocycles. The van der Waals surface area contributed by atoms with Crippen molar-refractivity contribution in [2.24, 2.45) is 0 Å². The number of hydrogen-bond donors (Lipinski definition) is 2. The molecule has 6 heteroatoms. The van der Waals surface area contributed by atoms with Gasteiger partial charge < -0.3 is 9.79 Å². The average Bonchev–Trinajstić information content (AvgIpc) is 2.24. The molecule has 0 saturated carbocycles. The van der Waals surface area contributed by atoms with E-state index in [-0.39, 0.29) is 36.2 Å². The molecule has 0 aromatic heterocycles. The zero-order valence-electron chi connectivity index (χ0n) is 11.9. The quantitative estimate of drug-likeness (QED) is 0.327. The van der Waals surface area contributed by atoms with Gasteiger partial charge in [0.15, 0.2) is 0 Å². The maximum absolute atomic E-state index is 10.4. The van der Waals surface area contributed by atoms with Gasteiger partial charge in [0.1, 0.15) is 0 Å². The van der Waals surface area contributed by atoms with Gasteiger partial charge in [-0.1, -0.05) is 64.7 Å². The van der Waals surface area contributed by atoms with Crippen LogP contribution in [0.3, 0.4) is 0 Å². The van der Waals surface area contributed by atoms with Crippen LogP contribution < -0.4 is 0 Å². The number of hydrogen-bond acceptors (Lipinski definition) is 2. The Kier molecular flexibility index (Phi) is 17.3. The largest absolute Gasteiger partial charge is 0.469 e. The fraction of sp³-hybridized carbons (Fsp3) is 1.00. The number of unbranched alkanes of at least 4 members (excludes halogenated alkanes) is 9. The molecule has 0 atom stereocenters. The minimum Gasteiger partial charge on any atom is -0.303 e. The van der Waals surface area contributed by atoms with Crippen molar-refractivity contribution in [3.05, 3.63) is 0 Å². The van der Waals surface area contributed by atoms with Crippen molar-refractivity contribution in [2.45, 2.75) is 71.1 Å². The molecule has 0 heterocycles. The molecule has 105 valence electrons. The van der Waals surface area contributed by atoms with Crippen molar-refractivity contribution in [3.8, 4) is 0 Å². The third-order valence-electron chi connectivity index (χ3n) is 2.76. The fourth-order valence-electron chi connectivity index (χ4n) is 1.77. The van der Waals surface area contributed by atoms with Crippen molar-refractivity contribution in [2.75, 3.05) is 6.61 Å². The van der Waals surface area contributed by atoms with Gasteiger partial charge in [-0.2, -0.15) is 0 Å². The Morgan fingerprint density at radius 1 is 0.833 bits per heavy atom. The Morgan fingerprint density at radius 3 is 1.61 bits per heavy atom. The summed E-state index contributed by atoms with van der Waals surface area (Å²) in [6.45, 7) is 2.39. The molecular formula is C12H27NaO4P. The molecule has 0 aliphatic rings. The first-order chi connectivity index (χ1) is 8.06. The van der Waals surface area contributed by atoms with Crippen LogP contribution in [0.2, 0.25) is 0 Å². The van der Waals surface area contributed by atoms with Crippen LogP contribution in [0.1, 0.15) is 71.1 Å². The molecule has 2 N–H and O–H groups in total. The van der Waals surface area contributed by atoms with Crippen LogP contribution in [0.4, 0.5) is 0 Å². The minimum absolute atomic E-state index is 0. The summed E-state index contributed by atoms with van der Waals surface area (Å²) in [7, 11) is -4.24. The molecule has 0 spiro atoms. The van der Waals surface area contributed by atoms with E-state index in [9.17, 15) is 4.57 Å². The van der Waals surface area contributed by atoms with Crippen molar-refractivity contribution in [3.63, 3.8) is 0 Å². The first-order valence-electron chi connectivity index (χ1n) is 6.76. The summed E-state index contributed by atoms with van der Waals surface area (Å²) in [5.74, 6) is 0. The van der Waals surface area contributed by atoms with Gasteiger partial charge in [0.2, 0.25) is 0 Å². The number of phosphoric acid groups is 1. The summed E-state index contributed by atoms with van der Waals surface area (Å²) >= 11 is 0. The minimum atomic E-state index is -4.24. The van der Waals surface area contributed by atoms with E-state index in [1.165, 1.54) is 44.9 Å². The standard InChI is InChI=1S/C12H27O4P.Na/c1-2-3-4-5-6-7-8-9-10-11-12-16-17(13,14)15;/h2-12H2,1H3,(H2,13,14,15);. The van der Waals surface area contributed by atoms with E-state index in [0.29, 0.717) is 0 Å². The number of phosphoric ester groups is 1. The van der Waals surface area contributed by atoms with Crippen LogP contribution in [-0.4, -0.2) is 46.0 Å². The molecule has 18 heavy (non-hydrogen) atoms. The van der Waals surface area contributed by atoms with Crippen molar-refractivity contribution in [1.82, 2.24) is 0 Å². The van der Waals surface area contributed by atoms with Gasteiger partial charge in [0, 0.05) is 29.6 Å². The third-order valence-corrected chi connectivity index (χ3v) is 3.28. The van der Waals surface area contributed by atoms with Crippen LogP contribution in [0.25, 0.3) is 0 Å². The van der Waals surface area contributed by atoms with Gasteiger partial charge >= 0.3 is 7.82 Å². The average molecular weight is 289 g/mol. The van der Waals surface area contributed by atoms with Gasteiger partial charge in [-0.05, 0) is 6.42 Å². The first kappa shape index (κ1) is 21.4. The van der Waals surface area contributed by atoms with E-state index in [1.807, 2.05) is 0 Å². The monoisotopic (exact) mass is 289 g/mol. The van der Waals surface area contributed by atoms with Crippen molar-refractivity contribution in [1.29, 1.82) is 0 Å². The van der Waals surface area contributed by atoms with Crippen LogP contribution in [0.5, 0.6) is 0 Å².